The number of nitro groups is 1. The SMILES string of the molecule is O=C(O)c1ccc([N+](=O)[O-])cc1Nc1cccc(F)c1F. The number of carboxylic acid groups (broad SMARTS) is 1. The quantitative estimate of drug-likeness (QED) is 0.666. The molecule has 8 heteroatoms. The van der Waals surface area contributed by atoms with Gasteiger partial charge in [0, 0.05) is 12.1 Å². The molecule has 0 saturated heterocycles. The van der Waals surface area contributed by atoms with Crippen molar-refractivity contribution in [3.63, 3.8) is 0 Å². The second-order valence-corrected chi connectivity index (χ2v) is 4.02. The maximum absolute atomic E-state index is 13.6. The Balaban J connectivity index is 2.51. The third kappa shape index (κ3) is 2.94. The lowest BCUT2D eigenvalue weighted by Crippen LogP contribution is -2.05. The van der Waals surface area contributed by atoms with Gasteiger partial charge < -0.3 is 10.4 Å². The summed E-state index contributed by atoms with van der Waals surface area (Å²) in [5, 5.41) is 22.1. The summed E-state index contributed by atoms with van der Waals surface area (Å²) in [6.07, 6.45) is 0. The first-order valence-electron chi connectivity index (χ1n) is 5.63. The average Bonchev–Trinajstić information content (AvgIpc) is 2.43. The summed E-state index contributed by atoms with van der Waals surface area (Å²) in [5.74, 6) is -3.69. The summed E-state index contributed by atoms with van der Waals surface area (Å²) in [6.45, 7) is 0. The second-order valence-electron chi connectivity index (χ2n) is 4.02. The number of nitrogens with one attached hydrogen (secondary N) is 1. The topological polar surface area (TPSA) is 92.5 Å². The minimum absolute atomic E-state index is 0.207. The van der Waals surface area contributed by atoms with Crippen molar-refractivity contribution in [3.05, 3.63) is 63.7 Å². The van der Waals surface area contributed by atoms with Gasteiger partial charge in [0.25, 0.3) is 5.69 Å². The largest absolute Gasteiger partial charge is 0.478 e. The highest BCUT2D eigenvalue weighted by atomic mass is 19.2. The van der Waals surface area contributed by atoms with Crippen molar-refractivity contribution in [1.82, 2.24) is 0 Å². The zero-order valence-corrected chi connectivity index (χ0v) is 10.3. The smallest absolute Gasteiger partial charge is 0.337 e. The van der Waals surface area contributed by atoms with Gasteiger partial charge in [-0.1, -0.05) is 6.07 Å². The zero-order chi connectivity index (χ0) is 15.6. The molecule has 0 saturated carbocycles. The molecule has 2 N–H and O–H groups in total. The van der Waals surface area contributed by atoms with Gasteiger partial charge in [0.2, 0.25) is 0 Å². The molecule has 2 aromatic carbocycles. The summed E-state index contributed by atoms with van der Waals surface area (Å²) in [7, 11) is 0. The van der Waals surface area contributed by atoms with Crippen molar-refractivity contribution in [2.24, 2.45) is 0 Å². The molecule has 0 fully saturated rings. The van der Waals surface area contributed by atoms with Crippen molar-refractivity contribution >= 4 is 23.0 Å². The van der Waals surface area contributed by atoms with E-state index >= 15 is 0 Å². The van der Waals surface area contributed by atoms with Crippen LogP contribution in [0.2, 0.25) is 0 Å². The number of rotatable bonds is 4. The van der Waals surface area contributed by atoms with Gasteiger partial charge in [0.1, 0.15) is 0 Å². The van der Waals surface area contributed by atoms with Crippen LogP contribution in [0.15, 0.2) is 36.4 Å². The molecular formula is C13H8F2N2O4. The summed E-state index contributed by atoms with van der Waals surface area (Å²) in [6, 6.07) is 6.26. The Hall–Kier alpha value is -3.03. The first kappa shape index (κ1) is 14.4. The molecule has 0 unspecified atom stereocenters. The number of aromatic carboxylic acids is 1. The molecule has 0 radical (unpaired) electrons. The maximum atomic E-state index is 13.6. The van der Waals surface area contributed by atoms with Crippen LogP contribution in [0.1, 0.15) is 10.4 Å². The van der Waals surface area contributed by atoms with E-state index in [1.165, 1.54) is 12.1 Å². The Kier molecular flexibility index (Phi) is 3.79. The van der Waals surface area contributed by atoms with Crippen LogP contribution in [0, 0.1) is 21.7 Å². The summed E-state index contributed by atoms with van der Waals surface area (Å²) in [4.78, 5) is 21.0. The molecule has 0 spiro atoms. The van der Waals surface area contributed by atoms with Crippen LogP contribution in [0.4, 0.5) is 25.8 Å². The highest BCUT2D eigenvalue weighted by Gasteiger charge is 2.17. The van der Waals surface area contributed by atoms with E-state index in [1.807, 2.05) is 0 Å². The molecule has 2 rings (SSSR count). The van der Waals surface area contributed by atoms with Crippen molar-refractivity contribution in [2.75, 3.05) is 5.32 Å². The van der Waals surface area contributed by atoms with Crippen LogP contribution >= 0.6 is 0 Å². The van der Waals surface area contributed by atoms with Crippen molar-refractivity contribution in [1.29, 1.82) is 0 Å². The number of hydrogen-bond acceptors (Lipinski definition) is 4. The number of carboxylic acids is 1. The molecule has 2 aromatic rings. The van der Waals surface area contributed by atoms with Crippen molar-refractivity contribution in [2.45, 2.75) is 0 Å². The molecule has 21 heavy (non-hydrogen) atoms. The lowest BCUT2D eigenvalue weighted by Gasteiger charge is -2.10. The number of anilines is 2. The number of non-ortho nitro benzene ring substituents is 1. The molecule has 0 aliphatic heterocycles. The number of nitrogens with zero attached hydrogens (tertiary/aromatic N) is 1. The van der Waals surface area contributed by atoms with Crippen LogP contribution in [-0.4, -0.2) is 16.0 Å². The van der Waals surface area contributed by atoms with E-state index in [1.54, 1.807) is 0 Å². The summed E-state index contributed by atoms with van der Waals surface area (Å²) >= 11 is 0. The van der Waals surface area contributed by atoms with Crippen molar-refractivity contribution in [3.8, 4) is 0 Å². The summed E-state index contributed by atoms with van der Waals surface area (Å²) in [5.41, 5.74) is -1.21. The molecule has 0 heterocycles. The first-order chi connectivity index (χ1) is 9.90. The van der Waals surface area contributed by atoms with E-state index in [0.29, 0.717) is 0 Å². The fourth-order valence-electron chi connectivity index (χ4n) is 1.68. The van der Waals surface area contributed by atoms with E-state index in [-0.39, 0.29) is 22.6 Å². The van der Waals surface area contributed by atoms with Gasteiger partial charge >= 0.3 is 5.97 Å². The molecule has 0 aromatic heterocycles. The molecule has 0 amide bonds. The van der Waals surface area contributed by atoms with E-state index in [4.69, 9.17) is 5.11 Å². The third-order valence-corrected chi connectivity index (χ3v) is 2.67. The Morgan fingerprint density at radius 2 is 1.90 bits per heavy atom. The maximum Gasteiger partial charge on any atom is 0.337 e. The minimum atomic E-state index is -1.36. The molecule has 0 bridgehead atoms. The van der Waals surface area contributed by atoms with Gasteiger partial charge in [-0.2, -0.15) is 0 Å². The lowest BCUT2D eigenvalue weighted by atomic mass is 10.1. The number of hydrogen-bond donors (Lipinski definition) is 2. The Labute approximate surface area is 116 Å². The number of carbonyl (C=O) groups is 1. The Morgan fingerprint density at radius 1 is 1.19 bits per heavy atom. The Morgan fingerprint density at radius 3 is 2.52 bits per heavy atom. The predicted octanol–water partition coefficient (Wildman–Crippen LogP) is 3.31. The van der Waals surface area contributed by atoms with Crippen molar-refractivity contribution < 1.29 is 23.6 Å². The monoisotopic (exact) mass is 294 g/mol. The minimum Gasteiger partial charge on any atom is -0.478 e. The number of halogens is 2. The predicted molar refractivity (Wildman–Crippen MR) is 69.7 cm³/mol. The molecule has 0 aliphatic carbocycles. The van der Waals surface area contributed by atoms with Crippen LogP contribution in [0.25, 0.3) is 0 Å². The van der Waals surface area contributed by atoms with Gasteiger partial charge in [-0.05, 0) is 18.2 Å². The van der Waals surface area contributed by atoms with E-state index in [9.17, 15) is 23.7 Å². The second kappa shape index (κ2) is 5.53. The van der Waals surface area contributed by atoms with E-state index < -0.39 is 22.5 Å². The normalized spacial score (nSPS) is 10.2. The van der Waals surface area contributed by atoms with Gasteiger partial charge in [-0.15, -0.1) is 0 Å². The summed E-state index contributed by atoms with van der Waals surface area (Å²) < 4.78 is 26.7. The van der Waals surface area contributed by atoms with Crippen LogP contribution in [0.5, 0.6) is 0 Å². The molecule has 6 nitrogen and oxygen atoms in total. The lowest BCUT2D eigenvalue weighted by molar-refractivity contribution is -0.384. The molecular weight excluding hydrogens is 286 g/mol. The highest BCUT2D eigenvalue weighted by molar-refractivity contribution is 5.95. The average molecular weight is 294 g/mol. The highest BCUT2D eigenvalue weighted by Crippen LogP contribution is 2.28. The van der Waals surface area contributed by atoms with Gasteiger partial charge in [0.15, 0.2) is 11.6 Å². The fraction of sp³-hybridized carbons (Fsp3) is 0. The van der Waals surface area contributed by atoms with Crippen LogP contribution in [0.3, 0.4) is 0 Å². The van der Waals surface area contributed by atoms with E-state index in [2.05, 4.69) is 5.32 Å². The standard InChI is InChI=1S/C13H8F2N2O4/c14-9-2-1-3-10(12(9)15)16-11-6-7(17(20)21)4-5-8(11)13(18)19/h1-6,16H,(H,18,19). The Bertz CT molecular complexity index is 734. The van der Waals surface area contributed by atoms with Crippen LogP contribution in [-0.2, 0) is 0 Å². The molecule has 0 atom stereocenters. The third-order valence-electron chi connectivity index (χ3n) is 2.67. The number of nitro benzene ring substituents is 1. The molecule has 0 aliphatic rings. The van der Waals surface area contributed by atoms with Gasteiger partial charge in [-0.3, -0.25) is 10.1 Å². The van der Waals surface area contributed by atoms with Crippen LogP contribution < -0.4 is 5.32 Å². The number of benzene rings is 2. The zero-order valence-electron chi connectivity index (χ0n) is 10.3. The van der Waals surface area contributed by atoms with E-state index in [0.717, 1.165) is 24.3 Å². The van der Waals surface area contributed by atoms with Gasteiger partial charge in [0.05, 0.1) is 21.9 Å². The fourth-order valence-corrected chi connectivity index (χ4v) is 1.68. The first-order valence-corrected chi connectivity index (χ1v) is 5.63. The molecule has 108 valence electrons. The van der Waals surface area contributed by atoms with Gasteiger partial charge in [-0.25, -0.2) is 13.6 Å².